The molecule has 0 amide bonds. The fourth-order valence-corrected chi connectivity index (χ4v) is 4.03. The van der Waals surface area contributed by atoms with E-state index in [1.165, 1.54) is 19.2 Å². The maximum Gasteiger partial charge on any atom is 0.416 e. The number of alkyl halides is 3. The van der Waals surface area contributed by atoms with Crippen LogP contribution in [0.1, 0.15) is 36.4 Å². The lowest BCUT2D eigenvalue weighted by Crippen LogP contribution is -2.42. The number of carbonyl (C=O) groups is 1. The molecule has 1 aromatic carbocycles. The van der Waals surface area contributed by atoms with Crippen molar-refractivity contribution in [1.82, 2.24) is 4.90 Å². The standard InChI is InChI=1S/C18H20BrF3N2O3/c1-26-17(25)16(12-2-4-13(5-3-12)18(20,21)22)24-8-6-11(7-9-24)14-10-15(19)23-27-14/h2-5,11,14,16H,6-10H2,1H3. The first-order valence-corrected chi connectivity index (χ1v) is 9.46. The minimum atomic E-state index is -4.41. The summed E-state index contributed by atoms with van der Waals surface area (Å²) in [5, 5.41) is 3.92. The minimum Gasteiger partial charge on any atom is -0.468 e. The number of nitrogens with zero attached hydrogens (tertiary/aromatic N) is 2. The second kappa shape index (κ2) is 8.18. The highest BCUT2D eigenvalue weighted by Gasteiger charge is 2.37. The Morgan fingerprint density at radius 2 is 1.93 bits per heavy atom. The highest BCUT2D eigenvalue weighted by Crippen LogP contribution is 2.34. The van der Waals surface area contributed by atoms with Crippen molar-refractivity contribution in [2.75, 3.05) is 20.2 Å². The Balaban J connectivity index is 1.70. The zero-order valence-corrected chi connectivity index (χ0v) is 16.3. The first-order valence-electron chi connectivity index (χ1n) is 8.67. The number of piperidine rings is 1. The molecular weight excluding hydrogens is 429 g/mol. The Morgan fingerprint density at radius 3 is 2.41 bits per heavy atom. The SMILES string of the molecule is COC(=O)C(c1ccc(C(F)(F)F)cc1)N1CCC(C2CC(Br)=NO2)CC1. The summed E-state index contributed by atoms with van der Waals surface area (Å²) >= 11 is 3.33. The lowest BCUT2D eigenvalue weighted by Gasteiger charge is -2.37. The molecule has 2 aliphatic heterocycles. The predicted octanol–water partition coefficient (Wildman–Crippen LogP) is 4.13. The van der Waals surface area contributed by atoms with Gasteiger partial charge in [-0.15, -0.1) is 0 Å². The summed E-state index contributed by atoms with van der Waals surface area (Å²) in [7, 11) is 1.29. The molecule has 0 N–H and O–H groups in total. The molecule has 5 nitrogen and oxygen atoms in total. The van der Waals surface area contributed by atoms with E-state index in [0.717, 1.165) is 36.0 Å². The van der Waals surface area contributed by atoms with Gasteiger partial charge in [0.1, 0.15) is 16.8 Å². The number of hydrogen-bond donors (Lipinski definition) is 0. The van der Waals surface area contributed by atoms with Crippen molar-refractivity contribution in [2.45, 2.75) is 37.6 Å². The summed E-state index contributed by atoms with van der Waals surface area (Å²) in [5.74, 6) is -0.151. The predicted molar refractivity (Wildman–Crippen MR) is 96.4 cm³/mol. The average Bonchev–Trinajstić information content (AvgIpc) is 3.08. The largest absolute Gasteiger partial charge is 0.468 e. The second-order valence-corrected chi connectivity index (χ2v) is 7.65. The molecule has 2 aliphatic rings. The molecule has 2 heterocycles. The van der Waals surface area contributed by atoms with Gasteiger partial charge in [0.15, 0.2) is 0 Å². The van der Waals surface area contributed by atoms with Crippen molar-refractivity contribution in [3.05, 3.63) is 35.4 Å². The van der Waals surface area contributed by atoms with Crippen LogP contribution in [0.25, 0.3) is 0 Å². The second-order valence-electron chi connectivity index (χ2n) is 6.73. The van der Waals surface area contributed by atoms with Crippen LogP contribution in [-0.4, -0.2) is 41.8 Å². The van der Waals surface area contributed by atoms with Gasteiger partial charge >= 0.3 is 12.1 Å². The lowest BCUT2D eigenvalue weighted by atomic mass is 9.88. The quantitative estimate of drug-likeness (QED) is 0.649. The summed E-state index contributed by atoms with van der Waals surface area (Å²) in [6, 6.07) is 3.98. The average molecular weight is 449 g/mol. The van der Waals surface area contributed by atoms with Gasteiger partial charge in [0.2, 0.25) is 0 Å². The van der Waals surface area contributed by atoms with E-state index in [1.54, 1.807) is 0 Å². The van der Waals surface area contributed by atoms with E-state index in [9.17, 15) is 18.0 Å². The third kappa shape index (κ3) is 4.63. The molecule has 1 fully saturated rings. The fourth-order valence-electron chi connectivity index (χ4n) is 3.63. The van der Waals surface area contributed by atoms with Crippen molar-refractivity contribution < 1.29 is 27.5 Å². The van der Waals surface area contributed by atoms with Gasteiger partial charge in [0, 0.05) is 12.3 Å². The molecule has 0 radical (unpaired) electrons. The molecule has 1 aromatic rings. The highest BCUT2D eigenvalue weighted by atomic mass is 79.9. The van der Waals surface area contributed by atoms with Gasteiger partial charge in [-0.3, -0.25) is 4.90 Å². The van der Waals surface area contributed by atoms with Gasteiger partial charge in [-0.1, -0.05) is 17.3 Å². The van der Waals surface area contributed by atoms with Gasteiger partial charge in [-0.25, -0.2) is 4.79 Å². The number of carbonyl (C=O) groups excluding carboxylic acids is 1. The number of hydrogen-bond acceptors (Lipinski definition) is 5. The third-order valence-corrected chi connectivity index (χ3v) is 5.57. The molecular formula is C18H20BrF3N2O3. The Labute approximate surface area is 163 Å². The van der Waals surface area contributed by atoms with Crippen molar-refractivity contribution in [1.29, 1.82) is 0 Å². The number of methoxy groups -OCH3 is 1. The van der Waals surface area contributed by atoms with Gasteiger partial charge in [-0.2, -0.15) is 13.2 Å². The van der Waals surface area contributed by atoms with Crippen molar-refractivity contribution in [3.8, 4) is 0 Å². The molecule has 3 rings (SSSR count). The van der Waals surface area contributed by atoms with Crippen LogP contribution in [0.15, 0.2) is 29.4 Å². The summed E-state index contributed by atoms with van der Waals surface area (Å²) in [5.41, 5.74) is -0.242. The van der Waals surface area contributed by atoms with Crippen LogP contribution < -0.4 is 0 Å². The molecule has 0 saturated carbocycles. The topological polar surface area (TPSA) is 51.1 Å². The number of benzene rings is 1. The molecule has 2 atom stereocenters. The number of rotatable bonds is 4. The van der Waals surface area contributed by atoms with E-state index in [0.29, 0.717) is 24.6 Å². The van der Waals surface area contributed by atoms with Gasteiger partial charge in [0.05, 0.1) is 12.7 Å². The molecule has 148 valence electrons. The van der Waals surface area contributed by atoms with Gasteiger partial charge in [-0.05, 0) is 59.6 Å². The molecule has 0 aliphatic carbocycles. The Morgan fingerprint density at radius 1 is 1.30 bits per heavy atom. The van der Waals surface area contributed by atoms with Crippen LogP contribution >= 0.6 is 15.9 Å². The summed E-state index contributed by atoms with van der Waals surface area (Å²) < 4.78 is 44.1. The highest BCUT2D eigenvalue weighted by molar-refractivity contribution is 9.18. The molecule has 0 spiro atoms. The first kappa shape index (κ1) is 20.1. The van der Waals surface area contributed by atoms with E-state index >= 15 is 0 Å². The third-order valence-electron chi connectivity index (χ3n) is 5.10. The van der Waals surface area contributed by atoms with Crippen LogP contribution in [0.4, 0.5) is 13.2 Å². The number of oxime groups is 1. The molecule has 0 aromatic heterocycles. The van der Waals surface area contributed by atoms with Crippen molar-refractivity contribution in [2.24, 2.45) is 11.1 Å². The number of halogens is 4. The maximum absolute atomic E-state index is 12.8. The molecule has 9 heteroatoms. The van der Waals surface area contributed by atoms with Gasteiger partial charge < -0.3 is 9.57 Å². The van der Waals surface area contributed by atoms with E-state index in [-0.39, 0.29) is 6.10 Å². The summed E-state index contributed by atoms with van der Waals surface area (Å²) in [6.07, 6.45) is -2.01. The number of ether oxygens (including phenoxy) is 1. The van der Waals surface area contributed by atoms with Crippen LogP contribution in [0.5, 0.6) is 0 Å². The zero-order chi connectivity index (χ0) is 19.6. The molecule has 1 saturated heterocycles. The van der Waals surface area contributed by atoms with E-state index in [1.807, 2.05) is 4.90 Å². The molecule has 2 unspecified atom stereocenters. The summed E-state index contributed by atoms with van der Waals surface area (Å²) in [6.45, 7) is 1.26. The number of esters is 1. The van der Waals surface area contributed by atoms with Crippen molar-refractivity contribution >= 4 is 26.5 Å². The lowest BCUT2D eigenvalue weighted by molar-refractivity contribution is -0.148. The van der Waals surface area contributed by atoms with Gasteiger partial charge in [0.25, 0.3) is 0 Å². The van der Waals surface area contributed by atoms with Crippen LogP contribution in [0.3, 0.4) is 0 Å². The molecule has 27 heavy (non-hydrogen) atoms. The van der Waals surface area contributed by atoms with Crippen LogP contribution in [0, 0.1) is 5.92 Å². The maximum atomic E-state index is 12.8. The van der Waals surface area contributed by atoms with E-state index < -0.39 is 23.8 Å². The Hall–Kier alpha value is -1.61. The first-order chi connectivity index (χ1) is 12.8. The van der Waals surface area contributed by atoms with E-state index in [4.69, 9.17) is 9.57 Å². The van der Waals surface area contributed by atoms with Crippen LogP contribution in [0.2, 0.25) is 0 Å². The minimum absolute atomic E-state index is 0.0316. The molecule has 0 bridgehead atoms. The fraction of sp³-hybridized carbons (Fsp3) is 0.556. The Kier molecular flexibility index (Phi) is 6.10. The smallest absolute Gasteiger partial charge is 0.416 e. The summed E-state index contributed by atoms with van der Waals surface area (Å²) in [4.78, 5) is 19.7. The monoisotopic (exact) mass is 448 g/mol. The van der Waals surface area contributed by atoms with Crippen molar-refractivity contribution in [3.63, 3.8) is 0 Å². The van der Waals surface area contributed by atoms with Crippen LogP contribution in [-0.2, 0) is 20.5 Å². The number of likely N-dealkylation sites (tertiary alicyclic amines) is 1. The Bertz CT molecular complexity index is 701. The normalized spacial score (nSPS) is 22.9. The zero-order valence-electron chi connectivity index (χ0n) is 14.7. The van der Waals surface area contributed by atoms with E-state index in [2.05, 4.69) is 21.1 Å².